The van der Waals surface area contributed by atoms with Crippen LogP contribution in [0.4, 0.5) is 0 Å². The third-order valence-electron chi connectivity index (χ3n) is 2.97. The summed E-state index contributed by atoms with van der Waals surface area (Å²) in [6, 6.07) is 10.0. The van der Waals surface area contributed by atoms with E-state index in [0.717, 1.165) is 13.0 Å². The van der Waals surface area contributed by atoms with Gasteiger partial charge in [-0.25, -0.2) is 0 Å². The van der Waals surface area contributed by atoms with Crippen molar-refractivity contribution in [2.45, 2.75) is 20.3 Å². The minimum atomic E-state index is -0.115. The maximum atomic E-state index is 12.3. The van der Waals surface area contributed by atoms with Crippen LogP contribution in [0, 0.1) is 11.8 Å². The van der Waals surface area contributed by atoms with Crippen LogP contribution in [0.15, 0.2) is 30.3 Å². The highest BCUT2D eigenvalue weighted by Crippen LogP contribution is 2.11. The Balaban J connectivity index is 2.63. The van der Waals surface area contributed by atoms with Crippen LogP contribution in [0.2, 0.25) is 0 Å². The van der Waals surface area contributed by atoms with E-state index in [0.29, 0.717) is 12.5 Å². The molecule has 0 spiro atoms. The highest BCUT2D eigenvalue weighted by molar-refractivity contribution is 5.79. The van der Waals surface area contributed by atoms with E-state index in [2.05, 4.69) is 13.8 Å². The van der Waals surface area contributed by atoms with Crippen molar-refractivity contribution in [3.8, 4) is 0 Å². The molecule has 3 nitrogen and oxygen atoms in total. The van der Waals surface area contributed by atoms with Gasteiger partial charge >= 0.3 is 0 Å². The fourth-order valence-corrected chi connectivity index (χ4v) is 2.12. The van der Waals surface area contributed by atoms with Crippen LogP contribution in [0.25, 0.3) is 0 Å². The fourth-order valence-electron chi connectivity index (χ4n) is 2.12. The molecule has 0 aromatic heterocycles. The van der Waals surface area contributed by atoms with E-state index < -0.39 is 0 Å². The minimum Gasteiger partial charge on any atom is -0.345 e. The van der Waals surface area contributed by atoms with Crippen LogP contribution >= 0.6 is 0 Å². The second-order valence-electron chi connectivity index (χ2n) is 5.23. The molecule has 0 aliphatic rings. The van der Waals surface area contributed by atoms with Crippen LogP contribution in [0.5, 0.6) is 0 Å². The molecular formula is C15H24N2O. The molecule has 0 bridgehead atoms. The number of nitrogens with two attached hydrogens (primary N) is 1. The smallest absolute Gasteiger partial charge is 0.227 e. The number of rotatable bonds is 6. The van der Waals surface area contributed by atoms with Crippen molar-refractivity contribution >= 4 is 5.91 Å². The Morgan fingerprint density at radius 2 is 1.89 bits per heavy atom. The van der Waals surface area contributed by atoms with Gasteiger partial charge in [0, 0.05) is 20.1 Å². The number of amides is 1. The molecule has 0 aliphatic heterocycles. The fraction of sp³-hybridized carbons (Fsp3) is 0.533. The first-order valence-electron chi connectivity index (χ1n) is 6.53. The van der Waals surface area contributed by atoms with E-state index in [-0.39, 0.29) is 11.8 Å². The van der Waals surface area contributed by atoms with Gasteiger partial charge in [0.2, 0.25) is 5.91 Å². The van der Waals surface area contributed by atoms with Gasteiger partial charge in [0.1, 0.15) is 0 Å². The van der Waals surface area contributed by atoms with E-state index in [9.17, 15) is 4.79 Å². The predicted molar refractivity (Wildman–Crippen MR) is 75.2 cm³/mol. The second kappa shape index (κ2) is 7.17. The summed E-state index contributed by atoms with van der Waals surface area (Å²) in [5, 5.41) is 0. The molecule has 0 heterocycles. The van der Waals surface area contributed by atoms with Gasteiger partial charge in [0.15, 0.2) is 0 Å². The largest absolute Gasteiger partial charge is 0.345 e. The first-order chi connectivity index (χ1) is 8.54. The maximum Gasteiger partial charge on any atom is 0.227 e. The number of nitrogens with zero attached hydrogens (tertiary/aromatic N) is 1. The molecule has 18 heavy (non-hydrogen) atoms. The van der Waals surface area contributed by atoms with Crippen molar-refractivity contribution in [1.29, 1.82) is 0 Å². The highest BCUT2D eigenvalue weighted by Gasteiger charge is 2.21. The Morgan fingerprint density at radius 1 is 1.28 bits per heavy atom. The number of carbonyl (C=O) groups is 1. The van der Waals surface area contributed by atoms with Gasteiger partial charge in [-0.15, -0.1) is 0 Å². The first-order valence-corrected chi connectivity index (χ1v) is 6.53. The van der Waals surface area contributed by atoms with Gasteiger partial charge in [-0.1, -0.05) is 44.2 Å². The standard InChI is InChI=1S/C15H24N2O/c1-12(2)11-17(3)15(18)14(10-16)9-13-7-5-4-6-8-13/h4-8,12,14H,9-11,16H2,1-3H3. The van der Waals surface area contributed by atoms with Crippen molar-refractivity contribution in [1.82, 2.24) is 4.90 Å². The van der Waals surface area contributed by atoms with Gasteiger partial charge in [0.25, 0.3) is 0 Å². The van der Waals surface area contributed by atoms with Crippen molar-refractivity contribution in [2.24, 2.45) is 17.6 Å². The Kier molecular flexibility index (Phi) is 5.86. The van der Waals surface area contributed by atoms with Crippen LogP contribution in [0.1, 0.15) is 19.4 Å². The Hall–Kier alpha value is -1.35. The molecular weight excluding hydrogens is 224 g/mol. The van der Waals surface area contributed by atoms with E-state index in [4.69, 9.17) is 5.73 Å². The molecule has 1 rings (SSSR count). The summed E-state index contributed by atoms with van der Waals surface area (Å²) < 4.78 is 0. The summed E-state index contributed by atoms with van der Waals surface area (Å²) in [6.07, 6.45) is 0.721. The summed E-state index contributed by atoms with van der Waals surface area (Å²) in [5.74, 6) is 0.514. The molecule has 1 aromatic rings. The molecule has 1 amide bonds. The zero-order valence-corrected chi connectivity index (χ0v) is 11.6. The summed E-state index contributed by atoms with van der Waals surface area (Å²) in [7, 11) is 1.86. The summed E-state index contributed by atoms with van der Waals surface area (Å²) >= 11 is 0. The third kappa shape index (κ3) is 4.49. The lowest BCUT2D eigenvalue weighted by Crippen LogP contribution is -2.39. The Labute approximate surface area is 110 Å². The molecule has 3 heteroatoms. The van der Waals surface area contributed by atoms with Crippen molar-refractivity contribution in [3.05, 3.63) is 35.9 Å². The zero-order chi connectivity index (χ0) is 13.5. The number of carbonyl (C=O) groups excluding carboxylic acids is 1. The van der Waals surface area contributed by atoms with E-state index in [1.54, 1.807) is 4.90 Å². The summed E-state index contributed by atoms with van der Waals surface area (Å²) in [5.41, 5.74) is 6.91. The van der Waals surface area contributed by atoms with Crippen LogP contribution in [0.3, 0.4) is 0 Å². The van der Waals surface area contributed by atoms with Crippen molar-refractivity contribution in [2.75, 3.05) is 20.1 Å². The van der Waals surface area contributed by atoms with Crippen LogP contribution < -0.4 is 5.73 Å². The monoisotopic (exact) mass is 248 g/mol. The van der Waals surface area contributed by atoms with Crippen LogP contribution in [-0.2, 0) is 11.2 Å². The van der Waals surface area contributed by atoms with Crippen LogP contribution in [-0.4, -0.2) is 30.9 Å². The number of hydrogen-bond donors (Lipinski definition) is 1. The molecule has 0 radical (unpaired) electrons. The van der Waals surface area contributed by atoms with E-state index in [1.165, 1.54) is 5.56 Å². The molecule has 1 unspecified atom stereocenters. The van der Waals surface area contributed by atoms with Crippen molar-refractivity contribution in [3.63, 3.8) is 0 Å². The maximum absolute atomic E-state index is 12.3. The van der Waals surface area contributed by atoms with Gasteiger partial charge in [-0.3, -0.25) is 4.79 Å². The third-order valence-corrected chi connectivity index (χ3v) is 2.97. The normalized spacial score (nSPS) is 12.5. The van der Waals surface area contributed by atoms with Gasteiger partial charge in [-0.05, 0) is 17.9 Å². The lowest BCUT2D eigenvalue weighted by Gasteiger charge is -2.24. The lowest BCUT2D eigenvalue weighted by molar-refractivity contribution is -0.134. The SMILES string of the molecule is CC(C)CN(C)C(=O)C(CN)Cc1ccccc1. The molecule has 0 fully saturated rings. The highest BCUT2D eigenvalue weighted by atomic mass is 16.2. The quantitative estimate of drug-likeness (QED) is 0.836. The molecule has 100 valence electrons. The van der Waals surface area contributed by atoms with Crippen molar-refractivity contribution < 1.29 is 4.79 Å². The molecule has 1 aromatic carbocycles. The molecule has 0 saturated carbocycles. The first kappa shape index (κ1) is 14.7. The van der Waals surface area contributed by atoms with E-state index in [1.807, 2.05) is 37.4 Å². The second-order valence-corrected chi connectivity index (χ2v) is 5.23. The predicted octanol–water partition coefficient (Wildman–Crippen LogP) is 1.92. The number of hydrogen-bond acceptors (Lipinski definition) is 2. The summed E-state index contributed by atoms with van der Waals surface area (Å²) in [6.45, 7) is 5.40. The minimum absolute atomic E-state index is 0.115. The molecule has 2 N–H and O–H groups in total. The van der Waals surface area contributed by atoms with Gasteiger partial charge in [-0.2, -0.15) is 0 Å². The summed E-state index contributed by atoms with van der Waals surface area (Å²) in [4.78, 5) is 14.1. The van der Waals surface area contributed by atoms with Gasteiger partial charge in [0.05, 0.1) is 5.92 Å². The topological polar surface area (TPSA) is 46.3 Å². The van der Waals surface area contributed by atoms with E-state index >= 15 is 0 Å². The van der Waals surface area contributed by atoms with Gasteiger partial charge < -0.3 is 10.6 Å². The average Bonchev–Trinajstić information content (AvgIpc) is 2.35. The zero-order valence-electron chi connectivity index (χ0n) is 11.6. The Bertz CT molecular complexity index is 362. The molecule has 1 atom stereocenters. The average molecular weight is 248 g/mol. The lowest BCUT2D eigenvalue weighted by atomic mass is 9.98. The molecule has 0 aliphatic carbocycles. The Morgan fingerprint density at radius 3 is 2.39 bits per heavy atom. The number of benzene rings is 1. The molecule has 0 saturated heterocycles.